The first kappa shape index (κ1) is 15.2. The molecule has 1 fully saturated rings. The molecule has 1 aromatic carbocycles. The smallest absolute Gasteiger partial charge is 0.322 e. The Morgan fingerprint density at radius 3 is 2.62 bits per heavy atom. The summed E-state index contributed by atoms with van der Waals surface area (Å²) in [6.45, 7) is 3.23. The monoisotopic (exact) mass is 298 g/mol. The Kier molecular flexibility index (Phi) is 3.85. The van der Waals surface area contributed by atoms with Crippen LogP contribution < -0.4 is 5.32 Å². The lowest BCUT2D eigenvalue weighted by Gasteiger charge is -2.21. The number of carboxylic acids is 1. The van der Waals surface area contributed by atoms with Crippen LogP contribution in [0.2, 0.25) is 0 Å². The molecule has 0 aliphatic carbocycles. The van der Waals surface area contributed by atoms with Gasteiger partial charge in [0.05, 0.1) is 5.41 Å². The minimum absolute atomic E-state index is 0.00319. The molecule has 1 aliphatic heterocycles. The van der Waals surface area contributed by atoms with Gasteiger partial charge in [-0.2, -0.15) is 0 Å². The van der Waals surface area contributed by atoms with E-state index in [1.807, 2.05) is 0 Å². The van der Waals surface area contributed by atoms with Crippen LogP contribution in [-0.4, -0.2) is 35.1 Å². The van der Waals surface area contributed by atoms with Crippen molar-refractivity contribution in [1.82, 2.24) is 4.90 Å². The molecule has 0 spiro atoms. The maximum Gasteiger partial charge on any atom is 0.322 e. The summed E-state index contributed by atoms with van der Waals surface area (Å²) in [4.78, 5) is 24.4. The van der Waals surface area contributed by atoms with Crippen molar-refractivity contribution in [3.63, 3.8) is 0 Å². The Hall–Kier alpha value is -2.18. The normalized spacial score (nSPS) is 21.4. The van der Waals surface area contributed by atoms with Crippen LogP contribution in [0.1, 0.15) is 18.9 Å². The fourth-order valence-electron chi connectivity index (χ4n) is 2.27. The van der Waals surface area contributed by atoms with Crippen LogP contribution in [0.4, 0.5) is 19.3 Å². The number of anilines is 1. The summed E-state index contributed by atoms with van der Waals surface area (Å²) < 4.78 is 27.4. The third kappa shape index (κ3) is 2.81. The molecule has 2 N–H and O–H groups in total. The van der Waals surface area contributed by atoms with Crippen LogP contribution in [0.15, 0.2) is 12.1 Å². The zero-order chi connectivity index (χ0) is 15.8. The van der Waals surface area contributed by atoms with Crippen molar-refractivity contribution in [3.8, 4) is 0 Å². The second-order valence-corrected chi connectivity index (χ2v) is 5.52. The number of likely N-dealkylation sites (tertiary alicyclic amines) is 1. The molecule has 5 nitrogen and oxygen atoms in total. The van der Waals surface area contributed by atoms with Gasteiger partial charge in [0, 0.05) is 13.1 Å². The number of urea groups is 1. The molecule has 21 heavy (non-hydrogen) atoms. The summed E-state index contributed by atoms with van der Waals surface area (Å²) in [5.41, 5.74) is -1.33. The number of amides is 2. The van der Waals surface area contributed by atoms with Crippen molar-refractivity contribution in [3.05, 3.63) is 29.3 Å². The lowest BCUT2D eigenvalue weighted by atomic mass is 9.90. The van der Waals surface area contributed by atoms with E-state index in [4.69, 9.17) is 5.11 Å². The molecular formula is C14H16F2N2O3. The first-order valence-corrected chi connectivity index (χ1v) is 6.48. The number of hydrogen-bond acceptors (Lipinski definition) is 2. The van der Waals surface area contributed by atoms with Crippen LogP contribution in [-0.2, 0) is 4.79 Å². The summed E-state index contributed by atoms with van der Waals surface area (Å²) in [7, 11) is 0. The summed E-state index contributed by atoms with van der Waals surface area (Å²) in [6, 6.07) is 1.64. The summed E-state index contributed by atoms with van der Waals surface area (Å²) >= 11 is 0. The van der Waals surface area contributed by atoms with Gasteiger partial charge >= 0.3 is 12.0 Å². The van der Waals surface area contributed by atoms with Crippen LogP contribution in [0, 0.1) is 24.0 Å². The molecule has 0 bridgehead atoms. The van der Waals surface area contributed by atoms with Crippen molar-refractivity contribution in [1.29, 1.82) is 0 Å². The highest BCUT2D eigenvalue weighted by Gasteiger charge is 2.42. The molecule has 1 aromatic rings. The molecule has 1 atom stereocenters. The number of carboxylic acid groups (broad SMARTS) is 1. The lowest BCUT2D eigenvalue weighted by Crippen LogP contribution is -2.37. The second-order valence-electron chi connectivity index (χ2n) is 5.52. The third-order valence-electron chi connectivity index (χ3n) is 3.79. The van der Waals surface area contributed by atoms with E-state index in [1.54, 1.807) is 0 Å². The number of nitrogens with zero attached hydrogens (tertiary/aromatic N) is 1. The Morgan fingerprint density at radius 2 is 2.05 bits per heavy atom. The number of aryl methyl sites for hydroxylation is 1. The molecule has 1 saturated heterocycles. The Bertz CT molecular complexity index is 606. The quantitative estimate of drug-likeness (QED) is 0.881. The number of rotatable bonds is 2. The van der Waals surface area contributed by atoms with Crippen LogP contribution in [0.5, 0.6) is 0 Å². The number of carbonyl (C=O) groups excluding carboxylic acids is 1. The van der Waals surface area contributed by atoms with Gasteiger partial charge in [0.1, 0.15) is 11.5 Å². The van der Waals surface area contributed by atoms with Gasteiger partial charge in [-0.25, -0.2) is 13.6 Å². The van der Waals surface area contributed by atoms with E-state index in [2.05, 4.69) is 5.32 Å². The second kappa shape index (κ2) is 5.31. The van der Waals surface area contributed by atoms with E-state index >= 15 is 0 Å². The van der Waals surface area contributed by atoms with Crippen LogP contribution in [0.25, 0.3) is 0 Å². The van der Waals surface area contributed by atoms with E-state index in [9.17, 15) is 18.4 Å². The number of hydrogen-bond donors (Lipinski definition) is 2. The molecule has 0 radical (unpaired) electrons. The van der Waals surface area contributed by atoms with Crippen molar-refractivity contribution < 1.29 is 23.5 Å². The van der Waals surface area contributed by atoms with Gasteiger partial charge in [0.2, 0.25) is 0 Å². The van der Waals surface area contributed by atoms with E-state index in [1.165, 1.54) is 24.8 Å². The highest BCUT2D eigenvalue weighted by atomic mass is 19.1. The van der Waals surface area contributed by atoms with Gasteiger partial charge in [-0.15, -0.1) is 0 Å². The zero-order valence-corrected chi connectivity index (χ0v) is 11.7. The molecule has 0 aromatic heterocycles. The van der Waals surface area contributed by atoms with Gasteiger partial charge in [-0.3, -0.25) is 4.79 Å². The largest absolute Gasteiger partial charge is 0.481 e. The van der Waals surface area contributed by atoms with Crippen LogP contribution in [0.3, 0.4) is 0 Å². The molecule has 7 heteroatoms. The van der Waals surface area contributed by atoms with E-state index in [0.29, 0.717) is 6.42 Å². The highest BCUT2D eigenvalue weighted by molar-refractivity contribution is 5.90. The van der Waals surface area contributed by atoms with E-state index in [-0.39, 0.29) is 18.7 Å². The fraction of sp³-hybridized carbons (Fsp3) is 0.429. The Balaban J connectivity index is 2.14. The van der Waals surface area contributed by atoms with Gasteiger partial charge in [0.25, 0.3) is 0 Å². The molecule has 2 rings (SSSR count). The van der Waals surface area contributed by atoms with Crippen molar-refractivity contribution in [2.45, 2.75) is 20.3 Å². The topological polar surface area (TPSA) is 69.6 Å². The molecule has 1 aliphatic rings. The number of carbonyl (C=O) groups is 2. The number of halogens is 2. The predicted molar refractivity (Wildman–Crippen MR) is 72.0 cm³/mol. The van der Waals surface area contributed by atoms with Gasteiger partial charge in [0.15, 0.2) is 5.82 Å². The Labute approximate surface area is 120 Å². The number of benzene rings is 1. The number of nitrogens with one attached hydrogen (secondary N) is 1. The van der Waals surface area contributed by atoms with Crippen molar-refractivity contribution >= 4 is 17.7 Å². The maximum absolute atomic E-state index is 13.8. The molecule has 0 saturated carbocycles. The molecule has 1 heterocycles. The molecule has 114 valence electrons. The maximum atomic E-state index is 13.8. The first-order chi connectivity index (χ1) is 9.74. The zero-order valence-electron chi connectivity index (χ0n) is 11.7. The van der Waals surface area contributed by atoms with E-state index in [0.717, 1.165) is 6.07 Å². The first-order valence-electron chi connectivity index (χ1n) is 6.48. The standard InChI is InChI=1S/C14H16F2N2O3/c1-8-3-4-9(15)11(10(8)16)17-13(21)18-6-5-14(2,7-18)12(19)20/h3-4H,5-7H2,1-2H3,(H,17,21)(H,19,20). The molecule has 2 amide bonds. The van der Waals surface area contributed by atoms with Crippen LogP contribution >= 0.6 is 0 Å². The fourth-order valence-corrected chi connectivity index (χ4v) is 2.27. The number of aliphatic carboxylic acids is 1. The average Bonchev–Trinajstić information content (AvgIpc) is 2.83. The highest BCUT2D eigenvalue weighted by Crippen LogP contribution is 2.31. The minimum Gasteiger partial charge on any atom is -0.481 e. The summed E-state index contributed by atoms with van der Waals surface area (Å²) in [6.07, 6.45) is 0.300. The van der Waals surface area contributed by atoms with E-state index < -0.39 is 34.7 Å². The van der Waals surface area contributed by atoms with Gasteiger partial charge in [-0.1, -0.05) is 6.07 Å². The van der Waals surface area contributed by atoms with Gasteiger partial charge < -0.3 is 15.3 Å². The van der Waals surface area contributed by atoms with Crippen molar-refractivity contribution in [2.24, 2.45) is 5.41 Å². The van der Waals surface area contributed by atoms with Gasteiger partial charge in [-0.05, 0) is 31.9 Å². The SMILES string of the molecule is Cc1ccc(F)c(NC(=O)N2CCC(C)(C(=O)O)C2)c1F. The lowest BCUT2D eigenvalue weighted by molar-refractivity contribution is -0.146. The molecular weight excluding hydrogens is 282 g/mol. The Morgan fingerprint density at radius 1 is 1.38 bits per heavy atom. The average molecular weight is 298 g/mol. The summed E-state index contributed by atoms with van der Waals surface area (Å²) in [5, 5.41) is 11.3. The molecule has 1 unspecified atom stereocenters. The summed E-state index contributed by atoms with van der Waals surface area (Å²) in [5.74, 6) is -2.69. The minimum atomic E-state index is -1.03. The predicted octanol–water partition coefficient (Wildman–Crippen LogP) is 2.60. The third-order valence-corrected chi connectivity index (χ3v) is 3.79. The van der Waals surface area contributed by atoms with Crippen molar-refractivity contribution in [2.75, 3.05) is 18.4 Å².